The third kappa shape index (κ3) is 5.24. The Balaban J connectivity index is 3.85. The van der Waals surface area contributed by atoms with E-state index >= 15 is 0 Å². The molecule has 0 bridgehead atoms. The van der Waals surface area contributed by atoms with Crippen LogP contribution in [0.25, 0.3) is 0 Å². The standard InChI is InChI=1S/C10H25N3/c1-5-9(6-2)10(12-11)7-8-13(3)4/h9-10,12H,5-8,11H2,1-4H3. The molecule has 0 aliphatic rings. The number of nitrogens with zero attached hydrogens (tertiary/aromatic N) is 1. The lowest BCUT2D eigenvalue weighted by Crippen LogP contribution is -2.42. The van der Waals surface area contributed by atoms with Gasteiger partial charge in [-0.1, -0.05) is 26.7 Å². The van der Waals surface area contributed by atoms with Gasteiger partial charge in [-0.05, 0) is 33.0 Å². The van der Waals surface area contributed by atoms with Crippen LogP contribution in [0.1, 0.15) is 33.1 Å². The summed E-state index contributed by atoms with van der Waals surface area (Å²) in [7, 11) is 4.20. The van der Waals surface area contributed by atoms with E-state index in [0.29, 0.717) is 12.0 Å². The summed E-state index contributed by atoms with van der Waals surface area (Å²) in [4.78, 5) is 2.20. The van der Waals surface area contributed by atoms with Gasteiger partial charge in [-0.2, -0.15) is 0 Å². The highest BCUT2D eigenvalue weighted by molar-refractivity contribution is 4.73. The van der Waals surface area contributed by atoms with Crippen LogP contribution in [0.5, 0.6) is 0 Å². The molecule has 1 atom stereocenters. The average Bonchev–Trinajstić information content (AvgIpc) is 2.11. The van der Waals surface area contributed by atoms with Crippen molar-refractivity contribution < 1.29 is 0 Å². The fourth-order valence-corrected chi connectivity index (χ4v) is 1.71. The Morgan fingerprint density at radius 1 is 1.23 bits per heavy atom. The zero-order valence-electron chi connectivity index (χ0n) is 9.51. The SMILES string of the molecule is CCC(CC)C(CCN(C)C)NN. The van der Waals surface area contributed by atoms with Crippen LogP contribution in [0.15, 0.2) is 0 Å². The zero-order chi connectivity index (χ0) is 10.3. The van der Waals surface area contributed by atoms with Gasteiger partial charge in [0.2, 0.25) is 0 Å². The number of rotatable bonds is 7. The van der Waals surface area contributed by atoms with Crippen molar-refractivity contribution in [3.63, 3.8) is 0 Å². The van der Waals surface area contributed by atoms with Crippen molar-refractivity contribution in [3.05, 3.63) is 0 Å². The largest absolute Gasteiger partial charge is 0.309 e. The summed E-state index contributed by atoms with van der Waals surface area (Å²) in [5.74, 6) is 6.26. The van der Waals surface area contributed by atoms with Crippen molar-refractivity contribution >= 4 is 0 Å². The van der Waals surface area contributed by atoms with Crippen LogP contribution in [0.4, 0.5) is 0 Å². The van der Waals surface area contributed by atoms with Gasteiger partial charge in [0.05, 0.1) is 0 Å². The molecule has 80 valence electrons. The molecule has 3 nitrogen and oxygen atoms in total. The highest BCUT2D eigenvalue weighted by Gasteiger charge is 2.16. The molecule has 3 heteroatoms. The summed E-state index contributed by atoms with van der Waals surface area (Å²) in [6.07, 6.45) is 3.55. The van der Waals surface area contributed by atoms with E-state index in [9.17, 15) is 0 Å². The molecular formula is C10H25N3. The number of hydrogen-bond donors (Lipinski definition) is 2. The van der Waals surface area contributed by atoms with Crippen molar-refractivity contribution in [2.75, 3.05) is 20.6 Å². The van der Waals surface area contributed by atoms with Gasteiger partial charge in [-0.3, -0.25) is 11.3 Å². The van der Waals surface area contributed by atoms with Crippen molar-refractivity contribution in [2.24, 2.45) is 11.8 Å². The molecular weight excluding hydrogens is 162 g/mol. The fraction of sp³-hybridized carbons (Fsp3) is 1.00. The first-order valence-electron chi connectivity index (χ1n) is 5.26. The maximum absolute atomic E-state index is 5.54. The van der Waals surface area contributed by atoms with E-state index in [-0.39, 0.29) is 0 Å². The molecule has 0 aromatic heterocycles. The van der Waals surface area contributed by atoms with Crippen molar-refractivity contribution in [3.8, 4) is 0 Å². The second-order valence-corrected chi connectivity index (χ2v) is 3.94. The summed E-state index contributed by atoms with van der Waals surface area (Å²) < 4.78 is 0. The first kappa shape index (κ1) is 12.9. The second-order valence-electron chi connectivity index (χ2n) is 3.94. The van der Waals surface area contributed by atoms with Crippen LogP contribution in [-0.2, 0) is 0 Å². The van der Waals surface area contributed by atoms with Crippen LogP contribution in [0.2, 0.25) is 0 Å². The molecule has 0 aliphatic heterocycles. The van der Waals surface area contributed by atoms with Crippen LogP contribution in [0, 0.1) is 5.92 Å². The van der Waals surface area contributed by atoms with Gasteiger partial charge in [0, 0.05) is 6.04 Å². The molecule has 0 fully saturated rings. The number of hydrogen-bond acceptors (Lipinski definition) is 3. The lowest BCUT2D eigenvalue weighted by atomic mass is 9.92. The molecule has 0 saturated carbocycles. The van der Waals surface area contributed by atoms with E-state index in [2.05, 4.69) is 38.3 Å². The predicted molar refractivity (Wildman–Crippen MR) is 58.4 cm³/mol. The van der Waals surface area contributed by atoms with Gasteiger partial charge >= 0.3 is 0 Å². The molecule has 1 unspecified atom stereocenters. The summed E-state index contributed by atoms with van der Waals surface area (Å²) in [5.41, 5.74) is 2.93. The molecule has 0 heterocycles. The van der Waals surface area contributed by atoms with Crippen LogP contribution in [0.3, 0.4) is 0 Å². The molecule has 13 heavy (non-hydrogen) atoms. The van der Waals surface area contributed by atoms with Crippen LogP contribution >= 0.6 is 0 Å². The molecule has 0 rings (SSSR count). The molecule has 0 saturated heterocycles. The second kappa shape index (κ2) is 7.30. The summed E-state index contributed by atoms with van der Waals surface area (Å²) in [5, 5.41) is 0. The first-order chi connectivity index (χ1) is 6.15. The summed E-state index contributed by atoms with van der Waals surface area (Å²) in [6, 6.07) is 0.470. The van der Waals surface area contributed by atoms with Crippen molar-refractivity contribution in [1.29, 1.82) is 0 Å². The van der Waals surface area contributed by atoms with Gasteiger partial charge in [0.25, 0.3) is 0 Å². The van der Waals surface area contributed by atoms with E-state index in [0.717, 1.165) is 13.0 Å². The minimum Gasteiger partial charge on any atom is -0.309 e. The smallest absolute Gasteiger partial charge is 0.0250 e. The maximum Gasteiger partial charge on any atom is 0.0250 e. The third-order valence-electron chi connectivity index (χ3n) is 2.72. The highest BCUT2D eigenvalue weighted by atomic mass is 15.2. The van der Waals surface area contributed by atoms with E-state index in [4.69, 9.17) is 5.84 Å². The lowest BCUT2D eigenvalue weighted by Gasteiger charge is -2.25. The molecule has 0 amide bonds. The van der Waals surface area contributed by atoms with Crippen molar-refractivity contribution in [2.45, 2.75) is 39.2 Å². The Labute approximate surface area is 82.6 Å². The van der Waals surface area contributed by atoms with Gasteiger partial charge < -0.3 is 4.90 Å². The van der Waals surface area contributed by atoms with Gasteiger partial charge in [0.1, 0.15) is 0 Å². The Bertz CT molecular complexity index is 111. The number of nitrogens with one attached hydrogen (secondary N) is 1. The topological polar surface area (TPSA) is 41.3 Å². The van der Waals surface area contributed by atoms with Crippen LogP contribution < -0.4 is 11.3 Å². The van der Waals surface area contributed by atoms with E-state index < -0.39 is 0 Å². The predicted octanol–water partition coefficient (Wildman–Crippen LogP) is 1.21. The number of nitrogens with two attached hydrogens (primary N) is 1. The van der Waals surface area contributed by atoms with Crippen molar-refractivity contribution in [1.82, 2.24) is 10.3 Å². The molecule has 0 radical (unpaired) electrons. The minimum absolute atomic E-state index is 0.470. The molecule has 0 spiro atoms. The minimum atomic E-state index is 0.470. The molecule has 0 aromatic carbocycles. The zero-order valence-corrected chi connectivity index (χ0v) is 9.51. The maximum atomic E-state index is 5.54. The normalized spacial score (nSPS) is 14.1. The quantitative estimate of drug-likeness (QED) is 0.465. The monoisotopic (exact) mass is 187 g/mol. The van der Waals surface area contributed by atoms with Gasteiger partial charge in [-0.25, -0.2) is 0 Å². The Morgan fingerprint density at radius 3 is 2.08 bits per heavy atom. The third-order valence-corrected chi connectivity index (χ3v) is 2.72. The van der Waals surface area contributed by atoms with E-state index in [1.807, 2.05) is 0 Å². The Morgan fingerprint density at radius 2 is 1.77 bits per heavy atom. The molecule has 0 aromatic rings. The summed E-state index contributed by atoms with van der Waals surface area (Å²) in [6.45, 7) is 5.56. The summed E-state index contributed by atoms with van der Waals surface area (Å²) >= 11 is 0. The average molecular weight is 187 g/mol. The van der Waals surface area contributed by atoms with Gasteiger partial charge in [0.15, 0.2) is 0 Å². The molecule has 3 N–H and O–H groups in total. The first-order valence-corrected chi connectivity index (χ1v) is 5.26. The van der Waals surface area contributed by atoms with Gasteiger partial charge in [-0.15, -0.1) is 0 Å². The Hall–Kier alpha value is -0.120. The molecule has 0 aliphatic carbocycles. The number of hydrazine groups is 1. The van der Waals surface area contributed by atoms with Crippen LogP contribution in [-0.4, -0.2) is 31.6 Å². The fourth-order valence-electron chi connectivity index (χ4n) is 1.71. The van der Waals surface area contributed by atoms with E-state index in [1.54, 1.807) is 0 Å². The lowest BCUT2D eigenvalue weighted by molar-refractivity contribution is 0.283. The Kier molecular flexibility index (Phi) is 7.23. The highest BCUT2D eigenvalue weighted by Crippen LogP contribution is 2.15. The van der Waals surface area contributed by atoms with E-state index in [1.165, 1.54) is 12.8 Å².